The third-order valence-corrected chi connectivity index (χ3v) is 4.78. The zero-order valence-electron chi connectivity index (χ0n) is 14.9. The van der Waals surface area contributed by atoms with Crippen molar-refractivity contribution in [3.05, 3.63) is 54.3 Å². The first-order valence-electron chi connectivity index (χ1n) is 8.57. The van der Waals surface area contributed by atoms with Crippen LogP contribution in [-0.4, -0.2) is 33.0 Å². The van der Waals surface area contributed by atoms with Gasteiger partial charge >= 0.3 is 0 Å². The van der Waals surface area contributed by atoms with Crippen molar-refractivity contribution >= 4 is 17.7 Å². The average Bonchev–Trinajstić information content (AvgIpc) is 3.30. The standard InChI is InChI=1S/C19H22N4O2S/c1-14(2)23-18(16-9-6-12-25-16)21-22-19(23)26-13-17(24)20-11-10-15-7-4-3-5-8-15/h3-9,12,14H,10-11,13H2,1-2H3,(H,20,24). The molecule has 136 valence electrons. The largest absolute Gasteiger partial charge is 0.461 e. The Kier molecular flexibility index (Phi) is 6.12. The van der Waals surface area contributed by atoms with Crippen molar-refractivity contribution < 1.29 is 9.21 Å². The topological polar surface area (TPSA) is 73.0 Å². The van der Waals surface area contributed by atoms with Gasteiger partial charge in [-0.25, -0.2) is 0 Å². The van der Waals surface area contributed by atoms with Crippen molar-refractivity contribution in [3.8, 4) is 11.6 Å². The molecule has 7 heteroatoms. The van der Waals surface area contributed by atoms with Crippen LogP contribution in [0.25, 0.3) is 11.6 Å². The molecule has 26 heavy (non-hydrogen) atoms. The minimum atomic E-state index is -0.0104. The van der Waals surface area contributed by atoms with Gasteiger partial charge in [-0.2, -0.15) is 0 Å². The van der Waals surface area contributed by atoms with Gasteiger partial charge in [0.05, 0.1) is 12.0 Å². The Labute approximate surface area is 157 Å². The van der Waals surface area contributed by atoms with Crippen LogP contribution in [0.4, 0.5) is 0 Å². The Hall–Kier alpha value is -2.54. The van der Waals surface area contributed by atoms with Crippen LogP contribution in [-0.2, 0) is 11.2 Å². The molecule has 0 atom stereocenters. The van der Waals surface area contributed by atoms with Crippen molar-refractivity contribution in [2.75, 3.05) is 12.3 Å². The van der Waals surface area contributed by atoms with E-state index in [-0.39, 0.29) is 11.9 Å². The first kappa shape index (κ1) is 18.3. The van der Waals surface area contributed by atoms with Gasteiger partial charge in [-0.3, -0.25) is 9.36 Å². The number of carbonyl (C=O) groups is 1. The van der Waals surface area contributed by atoms with E-state index in [0.717, 1.165) is 6.42 Å². The normalized spacial score (nSPS) is 11.0. The van der Waals surface area contributed by atoms with Crippen LogP contribution in [0.15, 0.2) is 58.3 Å². The predicted molar refractivity (Wildman–Crippen MR) is 102 cm³/mol. The number of furan rings is 1. The molecule has 0 bridgehead atoms. The number of hydrogen-bond acceptors (Lipinski definition) is 5. The van der Waals surface area contributed by atoms with Crippen LogP contribution in [0.1, 0.15) is 25.5 Å². The molecule has 0 radical (unpaired) electrons. The van der Waals surface area contributed by atoms with E-state index in [1.54, 1.807) is 6.26 Å². The van der Waals surface area contributed by atoms with E-state index < -0.39 is 0 Å². The first-order chi connectivity index (χ1) is 12.6. The summed E-state index contributed by atoms with van der Waals surface area (Å²) in [6, 6.07) is 13.9. The van der Waals surface area contributed by atoms with Crippen LogP contribution in [0, 0.1) is 0 Å². The highest BCUT2D eigenvalue weighted by Crippen LogP contribution is 2.27. The lowest BCUT2D eigenvalue weighted by molar-refractivity contribution is -0.118. The maximum absolute atomic E-state index is 12.1. The molecule has 1 amide bonds. The van der Waals surface area contributed by atoms with Crippen molar-refractivity contribution in [3.63, 3.8) is 0 Å². The van der Waals surface area contributed by atoms with Gasteiger partial charge < -0.3 is 9.73 Å². The zero-order chi connectivity index (χ0) is 18.4. The van der Waals surface area contributed by atoms with Gasteiger partial charge in [0.15, 0.2) is 10.9 Å². The summed E-state index contributed by atoms with van der Waals surface area (Å²) in [5.74, 6) is 1.64. The number of nitrogens with one attached hydrogen (secondary N) is 1. The van der Waals surface area contributed by atoms with Crippen LogP contribution in [0.5, 0.6) is 0 Å². The first-order valence-corrected chi connectivity index (χ1v) is 9.56. The number of nitrogens with zero attached hydrogens (tertiary/aromatic N) is 3. The minimum absolute atomic E-state index is 0.0104. The molecule has 0 spiro atoms. The highest BCUT2D eigenvalue weighted by molar-refractivity contribution is 7.99. The molecule has 0 aliphatic carbocycles. The van der Waals surface area contributed by atoms with Gasteiger partial charge in [-0.1, -0.05) is 42.1 Å². The summed E-state index contributed by atoms with van der Waals surface area (Å²) in [4.78, 5) is 12.1. The number of amides is 1. The van der Waals surface area contributed by atoms with Crippen LogP contribution < -0.4 is 5.32 Å². The fraction of sp³-hybridized carbons (Fsp3) is 0.316. The van der Waals surface area contributed by atoms with Gasteiger partial charge in [0.1, 0.15) is 0 Å². The van der Waals surface area contributed by atoms with E-state index in [0.29, 0.717) is 29.0 Å². The van der Waals surface area contributed by atoms with Gasteiger partial charge in [0.2, 0.25) is 11.7 Å². The molecule has 3 aromatic rings. The fourth-order valence-corrected chi connectivity index (χ4v) is 3.48. The fourth-order valence-electron chi connectivity index (χ4n) is 2.59. The molecule has 2 aromatic heterocycles. The van der Waals surface area contributed by atoms with Crippen molar-refractivity contribution in [2.24, 2.45) is 0 Å². The molecule has 6 nitrogen and oxygen atoms in total. The van der Waals surface area contributed by atoms with Gasteiger partial charge in [-0.15, -0.1) is 10.2 Å². The lowest BCUT2D eigenvalue weighted by Crippen LogP contribution is -2.27. The van der Waals surface area contributed by atoms with E-state index in [9.17, 15) is 4.79 Å². The van der Waals surface area contributed by atoms with Crippen molar-refractivity contribution in [1.82, 2.24) is 20.1 Å². The third-order valence-electron chi connectivity index (χ3n) is 3.83. The summed E-state index contributed by atoms with van der Waals surface area (Å²) in [6.45, 7) is 4.73. The maximum Gasteiger partial charge on any atom is 0.230 e. The zero-order valence-corrected chi connectivity index (χ0v) is 15.7. The number of rotatable bonds is 8. The van der Waals surface area contributed by atoms with E-state index in [1.165, 1.54) is 17.3 Å². The highest BCUT2D eigenvalue weighted by atomic mass is 32.2. The van der Waals surface area contributed by atoms with E-state index >= 15 is 0 Å². The van der Waals surface area contributed by atoms with E-state index in [1.807, 2.05) is 34.9 Å². The number of carbonyl (C=O) groups excluding carboxylic acids is 1. The highest BCUT2D eigenvalue weighted by Gasteiger charge is 2.19. The molecular formula is C19H22N4O2S. The Balaban J connectivity index is 1.55. The molecular weight excluding hydrogens is 348 g/mol. The molecule has 2 heterocycles. The minimum Gasteiger partial charge on any atom is -0.461 e. The smallest absolute Gasteiger partial charge is 0.230 e. The molecule has 0 saturated heterocycles. The summed E-state index contributed by atoms with van der Waals surface area (Å²) >= 11 is 1.38. The second-order valence-corrected chi connectivity index (χ2v) is 7.06. The van der Waals surface area contributed by atoms with E-state index in [4.69, 9.17) is 4.42 Å². The number of benzene rings is 1. The summed E-state index contributed by atoms with van der Waals surface area (Å²) in [6.07, 6.45) is 2.43. The van der Waals surface area contributed by atoms with Gasteiger partial charge in [-0.05, 0) is 38.0 Å². The van der Waals surface area contributed by atoms with Crippen LogP contribution in [0.2, 0.25) is 0 Å². The second kappa shape index (κ2) is 8.71. The van der Waals surface area contributed by atoms with Crippen molar-refractivity contribution in [1.29, 1.82) is 0 Å². The Morgan fingerprint density at radius 2 is 2.00 bits per heavy atom. The number of hydrogen-bond donors (Lipinski definition) is 1. The molecule has 3 rings (SSSR count). The Bertz CT molecular complexity index is 829. The quantitative estimate of drug-likeness (QED) is 0.614. The summed E-state index contributed by atoms with van der Waals surface area (Å²) in [7, 11) is 0. The number of aromatic nitrogens is 3. The van der Waals surface area contributed by atoms with Crippen LogP contribution >= 0.6 is 11.8 Å². The summed E-state index contributed by atoms with van der Waals surface area (Å²) in [5.41, 5.74) is 1.21. The molecule has 0 saturated carbocycles. The van der Waals surface area contributed by atoms with E-state index in [2.05, 4.69) is 41.5 Å². The summed E-state index contributed by atoms with van der Waals surface area (Å²) < 4.78 is 7.42. The Morgan fingerprint density at radius 1 is 1.19 bits per heavy atom. The second-order valence-electron chi connectivity index (χ2n) is 6.12. The molecule has 0 unspecified atom stereocenters. The van der Waals surface area contributed by atoms with Crippen molar-refractivity contribution in [2.45, 2.75) is 31.5 Å². The van der Waals surface area contributed by atoms with Gasteiger partial charge in [0.25, 0.3) is 0 Å². The Morgan fingerprint density at radius 3 is 2.69 bits per heavy atom. The molecule has 0 fully saturated rings. The predicted octanol–water partition coefficient (Wildman–Crippen LogP) is 3.57. The average molecular weight is 370 g/mol. The number of thioether (sulfide) groups is 1. The monoisotopic (exact) mass is 370 g/mol. The van der Waals surface area contributed by atoms with Gasteiger partial charge in [0, 0.05) is 12.6 Å². The lowest BCUT2D eigenvalue weighted by Gasteiger charge is -2.12. The molecule has 1 aromatic carbocycles. The lowest BCUT2D eigenvalue weighted by atomic mass is 10.1. The summed E-state index contributed by atoms with van der Waals surface area (Å²) in [5, 5.41) is 12.1. The molecule has 0 aliphatic heterocycles. The van der Waals surface area contributed by atoms with Crippen LogP contribution in [0.3, 0.4) is 0 Å². The molecule has 0 aliphatic rings. The SMILES string of the molecule is CC(C)n1c(SCC(=O)NCCc2ccccc2)nnc1-c1ccco1. The maximum atomic E-state index is 12.1. The molecule has 1 N–H and O–H groups in total. The third kappa shape index (κ3) is 4.54.